The third kappa shape index (κ3) is 5.66. The van der Waals surface area contributed by atoms with E-state index in [1.165, 1.54) is 17.0 Å². The van der Waals surface area contributed by atoms with Gasteiger partial charge in [-0.15, -0.1) is 0 Å². The zero-order chi connectivity index (χ0) is 34.7. The Morgan fingerprint density at radius 3 is 2.62 bits per heavy atom. The van der Waals surface area contributed by atoms with Gasteiger partial charge in [0.2, 0.25) is 0 Å². The summed E-state index contributed by atoms with van der Waals surface area (Å²) in [4.78, 5) is 27.9. The molecular formula is C38H44F2N6O4. The van der Waals surface area contributed by atoms with E-state index in [1.54, 1.807) is 32.3 Å². The second-order valence-corrected chi connectivity index (χ2v) is 14.6. The molecule has 50 heavy (non-hydrogen) atoms. The molecule has 2 N–H and O–H groups in total. The van der Waals surface area contributed by atoms with Crippen LogP contribution in [0.15, 0.2) is 36.4 Å². The number of hydrogen-bond donors (Lipinski definition) is 2. The number of rotatable bonds is 8. The fraction of sp³-hybridized carbons (Fsp3) is 0.500. The lowest BCUT2D eigenvalue weighted by atomic mass is 9.92. The van der Waals surface area contributed by atoms with Crippen LogP contribution >= 0.6 is 0 Å². The van der Waals surface area contributed by atoms with Crippen molar-refractivity contribution in [3.8, 4) is 22.9 Å². The average molecular weight is 687 g/mol. The first kappa shape index (κ1) is 32.9. The lowest BCUT2D eigenvalue weighted by molar-refractivity contribution is 0.0484. The highest BCUT2D eigenvalue weighted by molar-refractivity contribution is 6.03. The number of nitrogens with one attached hydrogen (secondary N) is 1. The standard InChI is InChI=1S/C38H44F2N6O4/c1-4-27-31(39)11-6-22-16-26(47)17-30(32(22)27)28-9-10-29-34(33(28)40)42-36(43-35(29)45-18-23-7-8-24(19-45)41-23)50-21-38-13-5-15-46(38)25(12-14-38)20-49-37(48)44(2)3/h6,9-11,16-17,23-25,41,47H,4-5,7-8,12-15,18-21H2,1-3H3. The van der Waals surface area contributed by atoms with Gasteiger partial charge in [0.05, 0.1) is 5.54 Å². The predicted molar refractivity (Wildman–Crippen MR) is 188 cm³/mol. The summed E-state index contributed by atoms with van der Waals surface area (Å²) in [6.07, 6.45) is 5.92. The highest BCUT2D eigenvalue weighted by atomic mass is 19.1. The maximum Gasteiger partial charge on any atom is 0.409 e. The minimum atomic E-state index is -0.573. The van der Waals surface area contributed by atoms with Gasteiger partial charge in [-0.05, 0) is 97.7 Å². The minimum absolute atomic E-state index is 0.0314. The lowest BCUT2D eigenvalue weighted by Gasteiger charge is -2.35. The molecular weight excluding hydrogens is 642 g/mol. The summed E-state index contributed by atoms with van der Waals surface area (Å²) in [6, 6.07) is 10.5. The van der Waals surface area contributed by atoms with E-state index in [0.29, 0.717) is 64.8 Å². The van der Waals surface area contributed by atoms with Crippen LogP contribution in [0.5, 0.6) is 11.8 Å². The maximum absolute atomic E-state index is 17.1. The number of amides is 1. The van der Waals surface area contributed by atoms with Crippen molar-refractivity contribution in [2.24, 2.45) is 0 Å². The first-order valence-corrected chi connectivity index (χ1v) is 17.8. The lowest BCUT2D eigenvalue weighted by Crippen LogP contribution is -2.51. The number of halogens is 2. The smallest absolute Gasteiger partial charge is 0.409 e. The molecule has 1 amide bonds. The molecule has 3 aromatic carbocycles. The molecule has 264 valence electrons. The van der Waals surface area contributed by atoms with Crippen LogP contribution in [0.4, 0.5) is 19.4 Å². The number of benzene rings is 3. The number of ether oxygens (including phenoxy) is 2. The van der Waals surface area contributed by atoms with Crippen molar-refractivity contribution in [3.05, 3.63) is 53.6 Å². The number of fused-ring (bicyclic) bond motifs is 5. The van der Waals surface area contributed by atoms with Gasteiger partial charge in [-0.25, -0.2) is 13.6 Å². The number of nitrogens with zero attached hydrogens (tertiary/aromatic N) is 5. The molecule has 4 aromatic rings. The van der Waals surface area contributed by atoms with Gasteiger partial charge >= 0.3 is 12.1 Å². The second kappa shape index (κ2) is 12.8. The summed E-state index contributed by atoms with van der Waals surface area (Å²) in [7, 11) is 3.35. The molecule has 0 aliphatic carbocycles. The van der Waals surface area contributed by atoms with Gasteiger partial charge < -0.3 is 29.7 Å². The van der Waals surface area contributed by atoms with Crippen LogP contribution in [0.25, 0.3) is 32.8 Å². The van der Waals surface area contributed by atoms with Crippen molar-refractivity contribution in [1.29, 1.82) is 0 Å². The van der Waals surface area contributed by atoms with Gasteiger partial charge in [0.15, 0.2) is 5.82 Å². The largest absolute Gasteiger partial charge is 0.508 e. The molecule has 0 spiro atoms. The van der Waals surface area contributed by atoms with E-state index in [9.17, 15) is 9.90 Å². The number of aromatic nitrogens is 2. The molecule has 5 heterocycles. The molecule has 4 fully saturated rings. The highest BCUT2D eigenvalue weighted by Crippen LogP contribution is 2.44. The van der Waals surface area contributed by atoms with Crippen molar-refractivity contribution in [2.45, 2.75) is 75.5 Å². The van der Waals surface area contributed by atoms with E-state index in [0.717, 1.165) is 58.2 Å². The molecule has 4 aliphatic rings. The first-order valence-electron chi connectivity index (χ1n) is 17.8. The van der Waals surface area contributed by atoms with Crippen LogP contribution in [0.1, 0.15) is 51.0 Å². The molecule has 4 saturated heterocycles. The van der Waals surface area contributed by atoms with E-state index in [4.69, 9.17) is 19.4 Å². The zero-order valence-corrected chi connectivity index (χ0v) is 28.8. The van der Waals surface area contributed by atoms with Gasteiger partial charge in [0.1, 0.15) is 36.1 Å². The topological polar surface area (TPSA) is 103 Å². The number of hydrogen-bond acceptors (Lipinski definition) is 9. The summed E-state index contributed by atoms with van der Waals surface area (Å²) >= 11 is 0. The minimum Gasteiger partial charge on any atom is -0.508 e. The molecule has 0 radical (unpaired) electrons. The van der Waals surface area contributed by atoms with Gasteiger partial charge in [-0.1, -0.05) is 19.1 Å². The van der Waals surface area contributed by atoms with E-state index < -0.39 is 5.82 Å². The van der Waals surface area contributed by atoms with Crippen molar-refractivity contribution in [3.63, 3.8) is 0 Å². The summed E-state index contributed by atoms with van der Waals surface area (Å²) in [5.41, 5.74) is 0.975. The molecule has 10 nitrogen and oxygen atoms in total. The van der Waals surface area contributed by atoms with Gasteiger partial charge in [-0.3, -0.25) is 4.90 Å². The second-order valence-electron chi connectivity index (χ2n) is 14.6. The van der Waals surface area contributed by atoms with Crippen molar-refractivity contribution in [2.75, 3.05) is 51.8 Å². The van der Waals surface area contributed by atoms with E-state index >= 15 is 8.78 Å². The monoisotopic (exact) mass is 686 g/mol. The Balaban J connectivity index is 1.18. The molecule has 4 aliphatic heterocycles. The number of piperazine rings is 1. The fourth-order valence-electron chi connectivity index (χ4n) is 8.95. The van der Waals surface area contributed by atoms with Crippen LogP contribution < -0.4 is 15.0 Å². The normalized spacial score (nSPS) is 24.7. The molecule has 1 aromatic heterocycles. The van der Waals surface area contributed by atoms with Crippen LogP contribution in [-0.2, 0) is 11.2 Å². The van der Waals surface area contributed by atoms with Gasteiger partial charge in [0, 0.05) is 56.3 Å². The number of carbonyl (C=O) groups is 1. The van der Waals surface area contributed by atoms with E-state index in [2.05, 4.69) is 15.1 Å². The van der Waals surface area contributed by atoms with Crippen molar-refractivity contribution < 1.29 is 28.2 Å². The maximum atomic E-state index is 17.1. The Kier molecular flexibility index (Phi) is 8.42. The van der Waals surface area contributed by atoms with Crippen LogP contribution in [-0.4, -0.2) is 102 Å². The summed E-state index contributed by atoms with van der Waals surface area (Å²) in [5.74, 6) is -0.338. The molecule has 4 unspecified atom stereocenters. The molecule has 12 heteroatoms. The molecule has 8 rings (SSSR count). The predicted octanol–water partition coefficient (Wildman–Crippen LogP) is 6.01. The number of aromatic hydroxyl groups is 1. The van der Waals surface area contributed by atoms with E-state index in [-0.39, 0.29) is 46.3 Å². The van der Waals surface area contributed by atoms with Crippen LogP contribution in [0.2, 0.25) is 0 Å². The number of phenols is 1. The third-order valence-electron chi connectivity index (χ3n) is 11.3. The number of phenolic OH excluding ortho intramolecular Hbond substituents is 1. The first-order chi connectivity index (χ1) is 24.1. The van der Waals surface area contributed by atoms with Crippen LogP contribution in [0.3, 0.4) is 0 Å². The van der Waals surface area contributed by atoms with Crippen molar-refractivity contribution in [1.82, 2.24) is 25.1 Å². The van der Waals surface area contributed by atoms with Gasteiger partial charge in [0.25, 0.3) is 0 Å². The quantitative estimate of drug-likeness (QED) is 0.231. The Morgan fingerprint density at radius 1 is 1.06 bits per heavy atom. The SMILES string of the molecule is CCc1c(F)ccc2cc(O)cc(-c3ccc4c(N5CC6CCC(C5)N6)nc(OCC56CCCN5C(COC(=O)N(C)C)CC6)nc4c3F)c12. The summed E-state index contributed by atoms with van der Waals surface area (Å²) in [6.45, 7) is 4.89. The highest BCUT2D eigenvalue weighted by Gasteiger charge is 2.50. The number of aryl methyl sites for hydroxylation is 1. The Bertz CT molecular complexity index is 1960. The third-order valence-corrected chi connectivity index (χ3v) is 11.3. The number of carbonyl (C=O) groups excluding carboxylic acids is 1. The Labute approximate surface area is 290 Å². The van der Waals surface area contributed by atoms with Gasteiger partial charge in [-0.2, -0.15) is 9.97 Å². The van der Waals surface area contributed by atoms with Crippen LogP contribution in [0, 0.1) is 11.6 Å². The Hall–Kier alpha value is -4.29. The summed E-state index contributed by atoms with van der Waals surface area (Å²) in [5, 5.41) is 16.1. The average Bonchev–Trinajstić information content (AvgIpc) is 3.78. The molecule has 2 bridgehead atoms. The zero-order valence-electron chi connectivity index (χ0n) is 28.8. The van der Waals surface area contributed by atoms with E-state index in [1.807, 2.05) is 13.0 Å². The summed E-state index contributed by atoms with van der Waals surface area (Å²) < 4.78 is 44.2. The Morgan fingerprint density at radius 2 is 1.86 bits per heavy atom. The molecule has 0 saturated carbocycles. The molecule has 4 atom stereocenters. The fourth-order valence-corrected chi connectivity index (χ4v) is 8.95. The van der Waals surface area contributed by atoms with Crippen molar-refractivity contribution >= 4 is 33.6 Å². The number of anilines is 1.